The van der Waals surface area contributed by atoms with E-state index in [0.717, 1.165) is 4.31 Å². The predicted molar refractivity (Wildman–Crippen MR) is 127 cm³/mol. The molecule has 2 aromatic rings. The first-order valence-electron chi connectivity index (χ1n) is 10.5. The molecule has 2 N–H and O–H groups in total. The zero-order valence-corrected chi connectivity index (χ0v) is 20.8. The van der Waals surface area contributed by atoms with Crippen molar-refractivity contribution in [3.8, 4) is 0 Å². The Morgan fingerprint density at radius 3 is 2.53 bits per heavy atom. The lowest BCUT2D eigenvalue weighted by Gasteiger charge is -2.48. The number of pyridine rings is 1. The van der Waals surface area contributed by atoms with Crippen LogP contribution in [-0.4, -0.2) is 64.0 Å². The van der Waals surface area contributed by atoms with Crippen LogP contribution in [0.25, 0.3) is 0 Å². The molecule has 0 bridgehead atoms. The average Bonchev–Trinajstić information content (AvgIpc) is 2.77. The second-order valence-corrected chi connectivity index (χ2v) is 11.0. The van der Waals surface area contributed by atoms with Crippen molar-refractivity contribution in [3.63, 3.8) is 0 Å². The van der Waals surface area contributed by atoms with Gasteiger partial charge in [-0.3, -0.25) is 19.5 Å². The van der Waals surface area contributed by atoms with Crippen molar-refractivity contribution in [3.05, 3.63) is 70.4 Å². The number of rotatable bonds is 5. The number of carbonyl (C=O) groups excluding carboxylic acids is 2. The summed E-state index contributed by atoms with van der Waals surface area (Å²) in [5.74, 6) is -0.836. The van der Waals surface area contributed by atoms with Crippen LogP contribution in [0.2, 0.25) is 10.0 Å². The molecule has 0 spiro atoms. The summed E-state index contributed by atoms with van der Waals surface area (Å²) in [7, 11) is -4.25. The van der Waals surface area contributed by atoms with E-state index in [4.69, 9.17) is 28.9 Å². The first-order valence-corrected chi connectivity index (χ1v) is 12.7. The number of aromatic nitrogens is 1. The van der Waals surface area contributed by atoms with E-state index < -0.39 is 28.0 Å². The van der Waals surface area contributed by atoms with Gasteiger partial charge < -0.3 is 10.6 Å². The molecule has 0 saturated carbocycles. The molecule has 2 aliphatic rings. The quantitative estimate of drug-likeness (QED) is 0.641. The van der Waals surface area contributed by atoms with E-state index >= 15 is 0 Å². The van der Waals surface area contributed by atoms with Crippen molar-refractivity contribution in [1.82, 2.24) is 19.1 Å². The van der Waals surface area contributed by atoms with Gasteiger partial charge >= 0.3 is 0 Å². The van der Waals surface area contributed by atoms with E-state index in [1.807, 2.05) is 0 Å². The number of hydrogen-bond donors (Lipinski definition) is 1. The number of nitrogens with zero attached hydrogens (tertiary/aromatic N) is 4. The molecule has 1 aromatic heterocycles. The van der Waals surface area contributed by atoms with Gasteiger partial charge in [0.15, 0.2) is 0 Å². The molecule has 180 valence electrons. The maximum atomic E-state index is 13.7. The second-order valence-electron chi connectivity index (χ2n) is 8.33. The Hall–Kier alpha value is -2.66. The maximum absolute atomic E-state index is 13.7. The van der Waals surface area contributed by atoms with Gasteiger partial charge in [-0.15, -0.1) is 0 Å². The molecule has 2 amide bonds. The number of halogens is 2. The second kappa shape index (κ2) is 9.18. The Bertz CT molecular complexity index is 1270. The number of carbonyl (C=O) groups is 2. The van der Waals surface area contributed by atoms with E-state index in [0.29, 0.717) is 5.56 Å². The summed E-state index contributed by atoms with van der Waals surface area (Å²) in [5.41, 5.74) is 6.81. The molecule has 2 aliphatic heterocycles. The normalized spacial score (nSPS) is 21.1. The van der Waals surface area contributed by atoms with Crippen molar-refractivity contribution >= 4 is 45.0 Å². The number of benzene rings is 1. The highest BCUT2D eigenvalue weighted by Crippen LogP contribution is 2.36. The number of amides is 2. The fraction of sp³-hybridized carbons (Fsp3) is 0.318. The van der Waals surface area contributed by atoms with E-state index in [2.05, 4.69) is 4.98 Å². The minimum atomic E-state index is -4.25. The molecule has 0 aliphatic carbocycles. The lowest BCUT2D eigenvalue weighted by Crippen LogP contribution is -2.66. The van der Waals surface area contributed by atoms with Gasteiger partial charge in [0.1, 0.15) is 22.8 Å². The zero-order valence-electron chi connectivity index (χ0n) is 18.4. The van der Waals surface area contributed by atoms with Crippen LogP contribution in [0, 0.1) is 0 Å². The first kappa shape index (κ1) is 24.5. The van der Waals surface area contributed by atoms with Crippen molar-refractivity contribution in [2.75, 3.05) is 6.54 Å². The van der Waals surface area contributed by atoms with Gasteiger partial charge in [-0.1, -0.05) is 29.3 Å². The fourth-order valence-electron chi connectivity index (χ4n) is 4.02. The number of nitrogens with two attached hydrogens (primary N) is 1. The van der Waals surface area contributed by atoms with E-state index in [-0.39, 0.29) is 45.7 Å². The van der Waals surface area contributed by atoms with Gasteiger partial charge in [-0.25, -0.2) is 12.7 Å². The highest BCUT2D eigenvalue weighted by Gasteiger charge is 2.49. The lowest BCUT2D eigenvalue weighted by molar-refractivity contribution is -0.149. The van der Waals surface area contributed by atoms with Crippen LogP contribution in [-0.2, 0) is 26.0 Å². The summed E-state index contributed by atoms with van der Waals surface area (Å²) in [6, 6.07) is 5.10. The minimum Gasteiger partial charge on any atom is -0.318 e. The van der Waals surface area contributed by atoms with Gasteiger partial charge in [0.25, 0.3) is 10.0 Å². The molecule has 2 atom stereocenters. The third-order valence-corrected chi connectivity index (χ3v) is 8.18. The van der Waals surface area contributed by atoms with Gasteiger partial charge in [0, 0.05) is 36.1 Å². The van der Waals surface area contributed by atoms with Crippen molar-refractivity contribution in [2.24, 2.45) is 5.73 Å². The van der Waals surface area contributed by atoms with E-state index in [9.17, 15) is 18.0 Å². The van der Waals surface area contributed by atoms with Crippen molar-refractivity contribution in [1.29, 1.82) is 0 Å². The SMILES string of the molecule is CC(C)N1C=C2N(C(=O)C(N)CN2S(=O)(=O)c2ccc(Cl)cc2Cl)C(Cc2cccnc2)C1=O. The molecule has 3 heterocycles. The third-order valence-electron chi connectivity index (χ3n) is 5.70. The Balaban J connectivity index is 1.85. The van der Waals surface area contributed by atoms with E-state index in [1.165, 1.54) is 34.2 Å². The smallest absolute Gasteiger partial charge is 0.267 e. The fourth-order valence-corrected chi connectivity index (χ4v) is 6.24. The molecule has 4 rings (SSSR count). The first-order chi connectivity index (χ1) is 16.0. The van der Waals surface area contributed by atoms with Crippen molar-refractivity contribution < 1.29 is 18.0 Å². The predicted octanol–water partition coefficient (Wildman–Crippen LogP) is 2.21. The Morgan fingerprint density at radius 2 is 1.91 bits per heavy atom. The third kappa shape index (κ3) is 4.26. The standard InChI is InChI=1S/C22H23Cl2N5O4S/c1-13(2)27-12-20-28(34(32,33)19-6-5-15(23)9-16(19)24)11-17(25)21(30)29(20)18(22(27)31)8-14-4-3-7-26-10-14/h3-7,9-10,12-13,17-18H,8,11,25H2,1-2H3. The van der Waals surface area contributed by atoms with Gasteiger partial charge in [0.05, 0.1) is 11.6 Å². The van der Waals surface area contributed by atoms with Crippen LogP contribution in [0.4, 0.5) is 0 Å². The molecule has 1 saturated heterocycles. The summed E-state index contributed by atoms with van der Waals surface area (Å²) >= 11 is 12.2. The van der Waals surface area contributed by atoms with E-state index in [1.54, 1.807) is 38.4 Å². The van der Waals surface area contributed by atoms with Crippen LogP contribution in [0.1, 0.15) is 19.4 Å². The Morgan fingerprint density at radius 1 is 1.18 bits per heavy atom. The summed E-state index contributed by atoms with van der Waals surface area (Å²) in [4.78, 5) is 33.1. The van der Waals surface area contributed by atoms with Gasteiger partial charge in [0.2, 0.25) is 11.8 Å². The van der Waals surface area contributed by atoms with Crippen LogP contribution in [0.15, 0.2) is 59.6 Å². The maximum Gasteiger partial charge on any atom is 0.267 e. The molecule has 2 unspecified atom stereocenters. The highest BCUT2D eigenvalue weighted by atomic mass is 35.5. The number of fused-ring (bicyclic) bond motifs is 1. The minimum absolute atomic E-state index is 0.0416. The van der Waals surface area contributed by atoms with Crippen LogP contribution in [0.3, 0.4) is 0 Å². The van der Waals surface area contributed by atoms with Gasteiger partial charge in [-0.2, -0.15) is 0 Å². The van der Waals surface area contributed by atoms with Gasteiger partial charge in [-0.05, 0) is 43.7 Å². The topological polar surface area (TPSA) is 117 Å². The summed E-state index contributed by atoms with van der Waals surface area (Å²) < 4.78 is 28.4. The summed E-state index contributed by atoms with van der Waals surface area (Å²) in [5, 5.41) is 0.214. The molecular formula is C22H23Cl2N5O4S. The molecule has 9 nitrogen and oxygen atoms in total. The molecular weight excluding hydrogens is 501 g/mol. The average molecular weight is 524 g/mol. The summed E-state index contributed by atoms with van der Waals surface area (Å²) in [6.07, 6.45) is 4.73. The highest BCUT2D eigenvalue weighted by molar-refractivity contribution is 7.89. The Labute approximate surface area is 207 Å². The molecule has 1 fully saturated rings. The summed E-state index contributed by atoms with van der Waals surface area (Å²) in [6.45, 7) is 3.30. The zero-order chi connectivity index (χ0) is 24.8. The van der Waals surface area contributed by atoms with Crippen LogP contribution >= 0.6 is 23.2 Å². The number of sulfonamides is 1. The van der Waals surface area contributed by atoms with Crippen LogP contribution in [0.5, 0.6) is 0 Å². The Kier molecular flexibility index (Phi) is 6.61. The van der Waals surface area contributed by atoms with Crippen molar-refractivity contribution in [2.45, 2.75) is 43.3 Å². The largest absolute Gasteiger partial charge is 0.318 e. The molecule has 34 heavy (non-hydrogen) atoms. The monoisotopic (exact) mass is 523 g/mol. The van der Waals surface area contributed by atoms with Crippen LogP contribution < -0.4 is 5.73 Å². The lowest BCUT2D eigenvalue weighted by atomic mass is 10.00. The molecule has 1 aromatic carbocycles. The molecule has 0 radical (unpaired) electrons. The number of hydrogen-bond acceptors (Lipinski definition) is 6. The molecule has 12 heteroatoms.